The number of phosphoric ester groups is 1. The number of unbranched alkanes of at least 4 members (excludes halogenated alkanes) is 25. The Balaban J connectivity index is 4.07. The Bertz CT molecular complexity index is 823. The molecule has 0 aliphatic heterocycles. The lowest BCUT2D eigenvalue weighted by Gasteiger charge is -2.19. The van der Waals surface area contributed by atoms with Crippen molar-refractivity contribution in [3.8, 4) is 0 Å². The molecule has 9 heteroatoms. The van der Waals surface area contributed by atoms with Gasteiger partial charge in [0.2, 0.25) is 0 Å². The molecule has 0 aliphatic carbocycles. The molecule has 0 saturated carbocycles. The fourth-order valence-corrected chi connectivity index (χ4v) is 6.56. The molecule has 0 amide bonds. The van der Waals surface area contributed by atoms with Crippen molar-refractivity contribution in [3.05, 3.63) is 24.5 Å². The van der Waals surface area contributed by atoms with Crippen LogP contribution in [0.25, 0.3) is 0 Å². The molecule has 3 N–H and O–H groups in total. The van der Waals surface area contributed by atoms with E-state index >= 15 is 0 Å². The summed E-state index contributed by atoms with van der Waals surface area (Å²) in [5, 5.41) is 0. The standard InChI is InChI=1S/C41H80NO7P/c1-3-5-7-9-11-13-15-17-19-20-21-22-24-26-28-30-32-34-41(43)47-38-40(39-49-50(44,45)48-37-35-42)46-36-33-31-29-27-25-23-18-16-14-12-10-8-6-4-2/h17,19,33,36,40H,3-16,18,20-32,34-35,37-39,42H2,1-2H3,(H,44,45)/t40-/m1/s1. The lowest BCUT2D eigenvalue weighted by molar-refractivity contribution is -0.147. The van der Waals surface area contributed by atoms with Gasteiger partial charge in [0, 0.05) is 13.0 Å². The zero-order valence-electron chi connectivity index (χ0n) is 32.6. The second-order valence-electron chi connectivity index (χ2n) is 13.9. The molecule has 0 rings (SSSR count). The van der Waals surface area contributed by atoms with Gasteiger partial charge in [-0.25, -0.2) is 4.57 Å². The molecule has 1 unspecified atom stereocenters. The molecule has 0 heterocycles. The summed E-state index contributed by atoms with van der Waals surface area (Å²) >= 11 is 0. The first kappa shape index (κ1) is 48.8. The highest BCUT2D eigenvalue weighted by atomic mass is 31.2. The smallest absolute Gasteiger partial charge is 0.472 e. The average molecular weight is 730 g/mol. The third-order valence-electron chi connectivity index (χ3n) is 8.96. The molecular weight excluding hydrogens is 649 g/mol. The first-order valence-corrected chi connectivity index (χ1v) is 22.4. The van der Waals surface area contributed by atoms with Crippen LogP contribution in [0, 0.1) is 0 Å². The molecule has 0 aromatic rings. The van der Waals surface area contributed by atoms with Crippen LogP contribution in [0.5, 0.6) is 0 Å². The predicted octanol–water partition coefficient (Wildman–Crippen LogP) is 12.4. The van der Waals surface area contributed by atoms with E-state index in [1.165, 1.54) is 148 Å². The van der Waals surface area contributed by atoms with Gasteiger partial charge < -0.3 is 20.1 Å². The van der Waals surface area contributed by atoms with E-state index in [9.17, 15) is 14.3 Å². The largest absolute Gasteiger partial charge is 0.492 e. The van der Waals surface area contributed by atoms with Crippen LogP contribution in [0.3, 0.4) is 0 Å². The van der Waals surface area contributed by atoms with E-state index in [4.69, 9.17) is 24.3 Å². The summed E-state index contributed by atoms with van der Waals surface area (Å²) in [6.45, 7) is 4.22. The van der Waals surface area contributed by atoms with Crippen LogP contribution in [0.4, 0.5) is 0 Å². The van der Waals surface area contributed by atoms with Crippen LogP contribution < -0.4 is 5.73 Å². The van der Waals surface area contributed by atoms with E-state index in [0.29, 0.717) is 6.42 Å². The van der Waals surface area contributed by atoms with Crippen LogP contribution in [-0.2, 0) is 27.9 Å². The zero-order chi connectivity index (χ0) is 36.6. The number of ether oxygens (including phenoxy) is 2. The Morgan fingerprint density at radius 3 is 1.48 bits per heavy atom. The van der Waals surface area contributed by atoms with Gasteiger partial charge in [-0.15, -0.1) is 0 Å². The first-order chi connectivity index (χ1) is 24.4. The summed E-state index contributed by atoms with van der Waals surface area (Å²) in [4.78, 5) is 22.2. The highest BCUT2D eigenvalue weighted by molar-refractivity contribution is 7.47. The molecule has 0 aliphatic rings. The number of allylic oxidation sites excluding steroid dienone is 3. The Kier molecular flexibility index (Phi) is 38.1. The topological polar surface area (TPSA) is 117 Å². The Hall–Kier alpha value is -1.18. The Morgan fingerprint density at radius 2 is 1.02 bits per heavy atom. The summed E-state index contributed by atoms with van der Waals surface area (Å²) < 4.78 is 33.1. The average Bonchev–Trinajstić information content (AvgIpc) is 3.11. The van der Waals surface area contributed by atoms with E-state index in [2.05, 4.69) is 26.0 Å². The van der Waals surface area contributed by atoms with Gasteiger partial charge in [0.1, 0.15) is 6.61 Å². The van der Waals surface area contributed by atoms with Gasteiger partial charge in [-0.3, -0.25) is 13.8 Å². The summed E-state index contributed by atoms with van der Waals surface area (Å²) in [5.74, 6) is -0.293. The fraction of sp³-hybridized carbons (Fsp3) is 0.878. The van der Waals surface area contributed by atoms with Crippen LogP contribution >= 0.6 is 7.82 Å². The van der Waals surface area contributed by atoms with Crippen molar-refractivity contribution < 1.29 is 32.8 Å². The van der Waals surface area contributed by atoms with Gasteiger partial charge >= 0.3 is 13.8 Å². The quantitative estimate of drug-likeness (QED) is 0.0210. The number of nitrogens with two attached hydrogens (primary N) is 1. The minimum atomic E-state index is -4.26. The molecule has 50 heavy (non-hydrogen) atoms. The Labute approximate surface area is 308 Å². The molecule has 0 fully saturated rings. The molecule has 2 atom stereocenters. The van der Waals surface area contributed by atoms with Crippen molar-refractivity contribution in [3.63, 3.8) is 0 Å². The maximum atomic E-state index is 12.4. The van der Waals surface area contributed by atoms with E-state index < -0.39 is 13.9 Å². The third kappa shape index (κ3) is 38.1. The van der Waals surface area contributed by atoms with Crippen LogP contribution in [0.1, 0.15) is 200 Å². The maximum absolute atomic E-state index is 12.4. The van der Waals surface area contributed by atoms with E-state index in [0.717, 1.165) is 32.1 Å². The van der Waals surface area contributed by atoms with E-state index in [-0.39, 0.29) is 32.3 Å². The van der Waals surface area contributed by atoms with Crippen molar-refractivity contribution in [1.29, 1.82) is 0 Å². The normalized spacial score (nSPS) is 13.7. The molecule has 296 valence electrons. The highest BCUT2D eigenvalue weighted by Crippen LogP contribution is 2.43. The number of hydrogen-bond acceptors (Lipinski definition) is 7. The number of hydrogen-bond donors (Lipinski definition) is 2. The van der Waals surface area contributed by atoms with Gasteiger partial charge in [-0.1, -0.05) is 161 Å². The summed E-state index contributed by atoms with van der Waals surface area (Å²) in [5.41, 5.74) is 5.36. The lowest BCUT2D eigenvalue weighted by atomic mass is 10.0. The third-order valence-corrected chi connectivity index (χ3v) is 9.94. The molecule has 0 spiro atoms. The monoisotopic (exact) mass is 730 g/mol. The van der Waals surface area contributed by atoms with E-state index in [1.54, 1.807) is 6.26 Å². The molecular formula is C41H80NO7P. The molecule has 0 radical (unpaired) electrons. The minimum Gasteiger partial charge on any atom is -0.492 e. The molecule has 0 bridgehead atoms. The van der Waals surface area contributed by atoms with Crippen molar-refractivity contribution in [2.45, 2.75) is 206 Å². The second kappa shape index (κ2) is 39.0. The number of carbonyl (C=O) groups excluding carboxylic acids is 1. The predicted molar refractivity (Wildman–Crippen MR) is 210 cm³/mol. The number of phosphoric acid groups is 1. The van der Waals surface area contributed by atoms with Crippen molar-refractivity contribution >= 4 is 13.8 Å². The van der Waals surface area contributed by atoms with Crippen LogP contribution in [-0.4, -0.2) is 43.3 Å². The molecule has 8 nitrogen and oxygen atoms in total. The molecule has 0 saturated heterocycles. The van der Waals surface area contributed by atoms with Crippen LogP contribution in [0.15, 0.2) is 24.5 Å². The van der Waals surface area contributed by atoms with Gasteiger partial charge in [-0.05, 0) is 51.0 Å². The summed E-state index contributed by atoms with van der Waals surface area (Å²) in [7, 11) is -4.26. The first-order valence-electron chi connectivity index (χ1n) is 20.9. The Morgan fingerprint density at radius 1 is 0.600 bits per heavy atom. The van der Waals surface area contributed by atoms with Gasteiger partial charge in [-0.2, -0.15) is 0 Å². The lowest BCUT2D eigenvalue weighted by Crippen LogP contribution is -2.25. The van der Waals surface area contributed by atoms with Crippen molar-refractivity contribution in [2.24, 2.45) is 5.73 Å². The second-order valence-corrected chi connectivity index (χ2v) is 15.4. The van der Waals surface area contributed by atoms with Gasteiger partial charge in [0.15, 0.2) is 6.10 Å². The van der Waals surface area contributed by atoms with E-state index in [1.807, 2.05) is 6.08 Å². The van der Waals surface area contributed by atoms with Crippen molar-refractivity contribution in [2.75, 3.05) is 26.4 Å². The van der Waals surface area contributed by atoms with Gasteiger partial charge in [0.25, 0.3) is 0 Å². The number of carbonyl (C=O) groups is 1. The zero-order valence-corrected chi connectivity index (χ0v) is 33.5. The maximum Gasteiger partial charge on any atom is 0.472 e. The van der Waals surface area contributed by atoms with Gasteiger partial charge in [0.05, 0.1) is 19.5 Å². The molecule has 0 aromatic carbocycles. The summed E-state index contributed by atoms with van der Waals surface area (Å²) in [6.07, 6.45) is 42.9. The summed E-state index contributed by atoms with van der Waals surface area (Å²) in [6, 6.07) is 0. The molecule has 0 aromatic heterocycles. The fourth-order valence-electron chi connectivity index (χ4n) is 5.80. The SMILES string of the molecule is CCCCCCCCC=CCCCCCCCCCC(=O)OC[C@H](COP(=O)(O)OCCN)OC=CCCCCCCCCCCCCCC. The number of rotatable bonds is 40. The minimum absolute atomic E-state index is 0.0634. The number of esters is 1. The van der Waals surface area contributed by atoms with Crippen LogP contribution in [0.2, 0.25) is 0 Å². The highest BCUT2D eigenvalue weighted by Gasteiger charge is 2.24. The van der Waals surface area contributed by atoms with Crippen molar-refractivity contribution in [1.82, 2.24) is 0 Å².